The minimum Gasteiger partial charge on any atom is -0.368 e. The van der Waals surface area contributed by atoms with E-state index in [1.54, 1.807) is 18.2 Å². The molecule has 1 aromatic carbocycles. The lowest BCUT2D eigenvalue weighted by Crippen LogP contribution is -1.99. The lowest BCUT2D eigenvalue weighted by molar-refractivity contribution is 1.05. The second-order valence-electron chi connectivity index (χ2n) is 3.03. The zero-order valence-corrected chi connectivity index (χ0v) is 9.77. The van der Waals surface area contributed by atoms with Gasteiger partial charge in [0.05, 0.1) is 5.02 Å². The molecule has 2 aromatic rings. The van der Waals surface area contributed by atoms with Gasteiger partial charge in [-0.15, -0.1) is 4.91 Å². The van der Waals surface area contributed by atoms with Gasteiger partial charge in [-0.3, -0.25) is 0 Å². The summed E-state index contributed by atoms with van der Waals surface area (Å²) < 4.78 is 0. The number of hydrogen-bond acceptors (Lipinski definition) is 6. The van der Waals surface area contributed by atoms with E-state index in [-0.39, 0.29) is 17.7 Å². The van der Waals surface area contributed by atoms with Gasteiger partial charge in [0.25, 0.3) is 5.95 Å². The van der Waals surface area contributed by atoms with Crippen molar-refractivity contribution in [1.82, 2.24) is 15.0 Å². The molecule has 0 aliphatic carbocycles. The van der Waals surface area contributed by atoms with Crippen molar-refractivity contribution in [1.29, 1.82) is 0 Å². The van der Waals surface area contributed by atoms with E-state index in [1.165, 1.54) is 0 Å². The Morgan fingerprint density at radius 1 is 1.18 bits per heavy atom. The zero-order valence-electron chi connectivity index (χ0n) is 8.26. The van der Waals surface area contributed by atoms with E-state index in [0.29, 0.717) is 15.6 Å². The Morgan fingerprint density at radius 2 is 1.94 bits per heavy atom. The van der Waals surface area contributed by atoms with E-state index in [0.717, 1.165) is 0 Å². The quantitative estimate of drug-likeness (QED) is 0.846. The standard InChI is InChI=1S/C9H5Cl2N5O/c10-4-1-2-6(11)5(3-4)7-13-8(12)15-9(14-7)16-17/h1-3H,(H2,12,13,14,15). The van der Waals surface area contributed by atoms with Crippen LogP contribution < -0.4 is 5.73 Å². The number of nitrogen functional groups attached to an aromatic ring is 1. The lowest BCUT2D eigenvalue weighted by Gasteiger charge is -2.04. The molecule has 2 N–H and O–H groups in total. The van der Waals surface area contributed by atoms with Gasteiger partial charge in [-0.25, -0.2) is 0 Å². The van der Waals surface area contributed by atoms with Crippen molar-refractivity contribution in [3.63, 3.8) is 0 Å². The van der Waals surface area contributed by atoms with Crippen molar-refractivity contribution in [2.45, 2.75) is 0 Å². The highest BCUT2D eigenvalue weighted by atomic mass is 35.5. The number of rotatable bonds is 2. The zero-order chi connectivity index (χ0) is 12.4. The van der Waals surface area contributed by atoms with E-state index in [4.69, 9.17) is 28.9 Å². The summed E-state index contributed by atoms with van der Waals surface area (Å²) in [5.41, 5.74) is 5.88. The molecule has 1 aromatic heterocycles. The molecule has 0 saturated heterocycles. The van der Waals surface area contributed by atoms with Crippen molar-refractivity contribution in [2.75, 3.05) is 5.73 Å². The predicted molar refractivity (Wildman–Crippen MR) is 65.2 cm³/mol. The minimum absolute atomic E-state index is 0.111. The molecule has 0 amide bonds. The molecule has 0 saturated carbocycles. The maximum absolute atomic E-state index is 10.4. The molecule has 0 aliphatic heterocycles. The fourth-order valence-electron chi connectivity index (χ4n) is 1.21. The molecule has 0 fully saturated rings. The first-order valence-corrected chi connectivity index (χ1v) is 5.16. The van der Waals surface area contributed by atoms with Crippen LogP contribution in [0, 0.1) is 4.91 Å². The van der Waals surface area contributed by atoms with E-state index < -0.39 is 0 Å². The molecule has 86 valence electrons. The fraction of sp³-hybridized carbons (Fsp3) is 0. The number of hydrogen-bond donors (Lipinski definition) is 1. The summed E-state index contributed by atoms with van der Waals surface area (Å²) in [6.45, 7) is 0. The van der Waals surface area contributed by atoms with E-state index in [2.05, 4.69) is 20.1 Å². The second kappa shape index (κ2) is 4.60. The number of benzene rings is 1. The van der Waals surface area contributed by atoms with E-state index in [9.17, 15) is 4.91 Å². The third-order valence-corrected chi connectivity index (χ3v) is 2.46. The molecule has 1 heterocycles. The number of nitroso groups, excluding NO2 is 1. The largest absolute Gasteiger partial charge is 0.368 e. The maximum atomic E-state index is 10.4. The van der Waals surface area contributed by atoms with Crippen LogP contribution in [0.5, 0.6) is 0 Å². The Bertz CT molecular complexity index is 590. The summed E-state index contributed by atoms with van der Waals surface area (Å²) >= 11 is 11.8. The van der Waals surface area contributed by atoms with Gasteiger partial charge in [0.1, 0.15) is 0 Å². The Hall–Kier alpha value is -1.79. The van der Waals surface area contributed by atoms with Gasteiger partial charge in [-0.1, -0.05) is 23.2 Å². The third kappa shape index (κ3) is 2.48. The molecule has 0 spiro atoms. The molecule has 0 atom stereocenters. The number of aromatic nitrogens is 3. The van der Waals surface area contributed by atoms with Crippen molar-refractivity contribution in [3.05, 3.63) is 33.2 Å². The SMILES string of the molecule is Nc1nc(N=O)nc(-c2cc(Cl)ccc2Cl)n1. The number of anilines is 1. The van der Waals surface area contributed by atoms with Gasteiger partial charge >= 0.3 is 0 Å². The average molecular weight is 270 g/mol. The summed E-state index contributed by atoms with van der Waals surface area (Å²) in [4.78, 5) is 21.6. The number of nitrogens with two attached hydrogens (primary N) is 1. The lowest BCUT2D eigenvalue weighted by atomic mass is 10.2. The smallest absolute Gasteiger partial charge is 0.296 e. The minimum atomic E-state index is -0.302. The molecule has 8 heteroatoms. The summed E-state index contributed by atoms with van der Waals surface area (Å²) in [5, 5.41) is 3.45. The molecule has 6 nitrogen and oxygen atoms in total. The first-order chi connectivity index (χ1) is 8.10. The van der Waals surface area contributed by atoms with Crippen LogP contribution in [0.25, 0.3) is 11.4 Å². The van der Waals surface area contributed by atoms with Crippen LogP contribution in [-0.2, 0) is 0 Å². The highest BCUT2D eigenvalue weighted by molar-refractivity contribution is 6.35. The van der Waals surface area contributed by atoms with Crippen LogP contribution in [0.2, 0.25) is 10.0 Å². The average Bonchev–Trinajstić information content (AvgIpc) is 2.31. The number of halogens is 2. The normalized spacial score (nSPS) is 10.2. The van der Waals surface area contributed by atoms with E-state index in [1.807, 2.05) is 0 Å². The van der Waals surface area contributed by atoms with Crippen LogP contribution in [0.1, 0.15) is 0 Å². The monoisotopic (exact) mass is 269 g/mol. The van der Waals surface area contributed by atoms with Gasteiger partial charge in [-0.05, 0) is 18.2 Å². The molecular weight excluding hydrogens is 265 g/mol. The molecule has 17 heavy (non-hydrogen) atoms. The molecule has 2 rings (SSSR count). The summed E-state index contributed by atoms with van der Waals surface area (Å²) in [5.74, 6) is -0.260. The fourth-order valence-corrected chi connectivity index (χ4v) is 1.58. The Kier molecular flexibility index (Phi) is 3.16. The molecule has 0 unspecified atom stereocenters. The molecule has 0 aliphatic rings. The molecule has 0 bridgehead atoms. The molecular formula is C9H5Cl2N5O. The van der Waals surface area contributed by atoms with E-state index >= 15 is 0 Å². The summed E-state index contributed by atoms with van der Waals surface area (Å²) in [6, 6.07) is 4.78. The maximum Gasteiger partial charge on any atom is 0.296 e. The van der Waals surface area contributed by atoms with Crippen LogP contribution in [-0.4, -0.2) is 15.0 Å². The van der Waals surface area contributed by atoms with Crippen LogP contribution in [0.15, 0.2) is 23.4 Å². The van der Waals surface area contributed by atoms with Gasteiger partial charge < -0.3 is 5.73 Å². The topological polar surface area (TPSA) is 94.1 Å². The first kappa shape index (κ1) is 11.7. The van der Waals surface area contributed by atoms with Crippen molar-refractivity contribution in [3.8, 4) is 11.4 Å². The van der Waals surface area contributed by atoms with Crippen molar-refractivity contribution >= 4 is 35.1 Å². The van der Waals surface area contributed by atoms with Crippen LogP contribution in [0.4, 0.5) is 11.9 Å². The van der Waals surface area contributed by atoms with Gasteiger partial charge in [0, 0.05) is 15.8 Å². The Labute approximate surface area is 106 Å². The van der Waals surface area contributed by atoms with Crippen LogP contribution in [0.3, 0.4) is 0 Å². The Morgan fingerprint density at radius 3 is 2.65 bits per heavy atom. The molecule has 0 radical (unpaired) electrons. The third-order valence-electron chi connectivity index (χ3n) is 1.89. The van der Waals surface area contributed by atoms with Gasteiger partial charge in [0.2, 0.25) is 5.95 Å². The highest BCUT2D eigenvalue weighted by Gasteiger charge is 2.11. The first-order valence-electron chi connectivity index (χ1n) is 4.40. The van der Waals surface area contributed by atoms with Gasteiger partial charge in [0.15, 0.2) is 5.82 Å². The van der Waals surface area contributed by atoms with Crippen molar-refractivity contribution < 1.29 is 0 Å². The predicted octanol–water partition coefficient (Wildman–Crippen LogP) is 2.83. The van der Waals surface area contributed by atoms with Crippen LogP contribution >= 0.6 is 23.2 Å². The summed E-state index contributed by atoms with van der Waals surface area (Å²) in [7, 11) is 0. The highest BCUT2D eigenvalue weighted by Crippen LogP contribution is 2.29. The Balaban J connectivity index is 2.63. The van der Waals surface area contributed by atoms with Crippen molar-refractivity contribution in [2.24, 2.45) is 5.18 Å². The van der Waals surface area contributed by atoms with Gasteiger partial charge in [-0.2, -0.15) is 15.0 Å². The second-order valence-corrected chi connectivity index (χ2v) is 3.88. The number of nitrogens with zero attached hydrogens (tertiary/aromatic N) is 4. The summed E-state index contributed by atoms with van der Waals surface area (Å²) in [6.07, 6.45) is 0.